The molecule has 0 radical (unpaired) electrons. The lowest BCUT2D eigenvalue weighted by molar-refractivity contribution is -0.142. The van der Waals surface area contributed by atoms with Gasteiger partial charge in [0.25, 0.3) is 5.91 Å². The fourth-order valence-corrected chi connectivity index (χ4v) is 1.38. The van der Waals surface area contributed by atoms with Crippen molar-refractivity contribution in [3.05, 3.63) is 34.9 Å². The van der Waals surface area contributed by atoms with Crippen LogP contribution >= 0.6 is 11.6 Å². The Morgan fingerprint density at radius 1 is 1.38 bits per heavy atom. The van der Waals surface area contributed by atoms with E-state index in [-0.39, 0.29) is 0 Å². The summed E-state index contributed by atoms with van der Waals surface area (Å²) in [4.78, 5) is 22.8. The summed E-state index contributed by atoms with van der Waals surface area (Å²) >= 11 is 5.84. The number of carbonyl (C=O) groups excluding carboxylic acids is 2. The fourth-order valence-electron chi connectivity index (χ4n) is 1.16. The third-order valence-corrected chi connectivity index (χ3v) is 2.35. The molecule has 1 aromatic carbocycles. The number of esters is 1. The molecule has 5 heteroatoms. The van der Waals surface area contributed by atoms with E-state index >= 15 is 0 Å². The number of carbonyl (C=O) groups is 2. The van der Waals surface area contributed by atoms with Crippen LogP contribution in [0.5, 0.6) is 0 Å². The molecular formula is C11H12ClNO3. The van der Waals surface area contributed by atoms with Gasteiger partial charge in [0, 0.05) is 0 Å². The normalized spacial score (nSPS) is 11.7. The molecule has 1 aromatic rings. The van der Waals surface area contributed by atoms with Gasteiger partial charge in [-0.15, -0.1) is 0 Å². The number of benzene rings is 1. The van der Waals surface area contributed by atoms with E-state index < -0.39 is 17.9 Å². The van der Waals surface area contributed by atoms with Gasteiger partial charge in [0.05, 0.1) is 17.7 Å². The highest BCUT2D eigenvalue weighted by atomic mass is 35.5. The number of amides is 1. The van der Waals surface area contributed by atoms with Crippen LogP contribution in [0.4, 0.5) is 0 Å². The van der Waals surface area contributed by atoms with Crippen molar-refractivity contribution in [3.8, 4) is 0 Å². The summed E-state index contributed by atoms with van der Waals surface area (Å²) in [5.74, 6) is -0.899. The first-order valence-corrected chi connectivity index (χ1v) is 5.07. The fraction of sp³-hybridized carbons (Fsp3) is 0.273. The number of nitrogens with one attached hydrogen (secondary N) is 1. The van der Waals surface area contributed by atoms with E-state index in [1.807, 2.05) is 0 Å². The second kappa shape index (κ2) is 5.51. The van der Waals surface area contributed by atoms with E-state index in [1.54, 1.807) is 31.2 Å². The van der Waals surface area contributed by atoms with Gasteiger partial charge in [0.15, 0.2) is 0 Å². The van der Waals surface area contributed by atoms with Gasteiger partial charge in [0.2, 0.25) is 0 Å². The summed E-state index contributed by atoms with van der Waals surface area (Å²) < 4.78 is 4.49. The minimum atomic E-state index is -0.700. The van der Waals surface area contributed by atoms with Gasteiger partial charge in [-0.3, -0.25) is 4.79 Å². The Labute approximate surface area is 98.5 Å². The molecule has 0 fully saturated rings. The molecule has 0 unspecified atom stereocenters. The molecule has 1 N–H and O–H groups in total. The number of rotatable bonds is 3. The van der Waals surface area contributed by atoms with Gasteiger partial charge in [0.1, 0.15) is 6.04 Å². The van der Waals surface area contributed by atoms with Gasteiger partial charge < -0.3 is 10.1 Å². The van der Waals surface area contributed by atoms with Crippen molar-refractivity contribution < 1.29 is 14.3 Å². The van der Waals surface area contributed by atoms with E-state index in [2.05, 4.69) is 10.1 Å². The first kappa shape index (κ1) is 12.5. The Kier molecular flexibility index (Phi) is 4.31. The van der Waals surface area contributed by atoms with Gasteiger partial charge >= 0.3 is 5.97 Å². The van der Waals surface area contributed by atoms with Crippen LogP contribution in [-0.2, 0) is 9.53 Å². The van der Waals surface area contributed by atoms with Crippen LogP contribution in [0.3, 0.4) is 0 Å². The molecule has 1 rings (SSSR count). The third kappa shape index (κ3) is 2.97. The van der Waals surface area contributed by atoms with Crippen LogP contribution in [0.25, 0.3) is 0 Å². The molecule has 0 spiro atoms. The minimum Gasteiger partial charge on any atom is -0.467 e. The lowest BCUT2D eigenvalue weighted by atomic mass is 10.2. The number of halogens is 1. The molecule has 0 saturated carbocycles. The average Bonchev–Trinajstić information content (AvgIpc) is 2.28. The van der Waals surface area contributed by atoms with Crippen LogP contribution in [0.15, 0.2) is 24.3 Å². The minimum absolute atomic E-state index is 0.333. The Morgan fingerprint density at radius 2 is 2.00 bits per heavy atom. The number of hydrogen-bond acceptors (Lipinski definition) is 3. The molecule has 0 heterocycles. The Morgan fingerprint density at radius 3 is 2.56 bits per heavy atom. The molecule has 0 aliphatic rings. The monoisotopic (exact) mass is 241 g/mol. The molecule has 4 nitrogen and oxygen atoms in total. The number of hydrogen-bond donors (Lipinski definition) is 1. The molecule has 0 aromatic heterocycles. The quantitative estimate of drug-likeness (QED) is 0.819. The lowest BCUT2D eigenvalue weighted by Crippen LogP contribution is -2.39. The maximum Gasteiger partial charge on any atom is 0.328 e. The van der Waals surface area contributed by atoms with Crippen LogP contribution in [0, 0.1) is 0 Å². The smallest absolute Gasteiger partial charge is 0.328 e. The van der Waals surface area contributed by atoms with Gasteiger partial charge in [-0.25, -0.2) is 4.79 Å². The predicted molar refractivity (Wildman–Crippen MR) is 60.4 cm³/mol. The van der Waals surface area contributed by atoms with Crippen LogP contribution in [0.2, 0.25) is 5.02 Å². The highest BCUT2D eigenvalue weighted by molar-refractivity contribution is 6.33. The summed E-state index contributed by atoms with van der Waals surface area (Å²) in [5, 5.41) is 2.83. The van der Waals surface area contributed by atoms with E-state index in [4.69, 9.17) is 11.6 Å². The Bertz CT molecular complexity index is 406. The van der Waals surface area contributed by atoms with E-state index in [9.17, 15) is 9.59 Å². The van der Waals surface area contributed by atoms with E-state index in [0.717, 1.165) is 0 Å². The number of methoxy groups -OCH3 is 1. The van der Waals surface area contributed by atoms with Crippen molar-refractivity contribution in [3.63, 3.8) is 0 Å². The largest absolute Gasteiger partial charge is 0.467 e. The van der Waals surface area contributed by atoms with Crippen molar-refractivity contribution in [2.75, 3.05) is 7.11 Å². The van der Waals surface area contributed by atoms with Crippen molar-refractivity contribution >= 4 is 23.5 Å². The molecule has 86 valence electrons. The second-order valence-corrected chi connectivity index (χ2v) is 3.61. The van der Waals surface area contributed by atoms with Gasteiger partial charge in [-0.2, -0.15) is 0 Å². The maximum absolute atomic E-state index is 11.7. The van der Waals surface area contributed by atoms with Crippen molar-refractivity contribution in [1.29, 1.82) is 0 Å². The summed E-state index contributed by atoms with van der Waals surface area (Å²) in [6.07, 6.45) is 0. The topological polar surface area (TPSA) is 55.4 Å². The lowest BCUT2D eigenvalue weighted by Gasteiger charge is -2.11. The van der Waals surface area contributed by atoms with Crippen LogP contribution in [-0.4, -0.2) is 25.0 Å². The molecule has 16 heavy (non-hydrogen) atoms. The van der Waals surface area contributed by atoms with Crippen LogP contribution < -0.4 is 5.32 Å². The highest BCUT2D eigenvalue weighted by Crippen LogP contribution is 2.14. The van der Waals surface area contributed by atoms with Crippen molar-refractivity contribution in [2.45, 2.75) is 13.0 Å². The van der Waals surface area contributed by atoms with Crippen LogP contribution in [0.1, 0.15) is 17.3 Å². The summed E-state index contributed by atoms with van der Waals surface area (Å²) in [6.45, 7) is 1.54. The van der Waals surface area contributed by atoms with E-state index in [0.29, 0.717) is 10.6 Å². The van der Waals surface area contributed by atoms with Crippen molar-refractivity contribution in [1.82, 2.24) is 5.32 Å². The molecule has 1 amide bonds. The van der Waals surface area contributed by atoms with Gasteiger partial charge in [-0.1, -0.05) is 23.7 Å². The number of ether oxygens (including phenoxy) is 1. The molecule has 0 aliphatic carbocycles. The summed E-state index contributed by atoms with van der Waals surface area (Å²) in [6, 6.07) is 5.92. The first-order chi connectivity index (χ1) is 7.56. The Balaban J connectivity index is 2.73. The zero-order valence-electron chi connectivity index (χ0n) is 8.99. The van der Waals surface area contributed by atoms with Gasteiger partial charge in [-0.05, 0) is 19.1 Å². The summed E-state index contributed by atoms with van der Waals surface area (Å²) in [7, 11) is 1.26. The summed E-state index contributed by atoms with van der Waals surface area (Å²) in [5.41, 5.74) is 0.333. The maximum atomic E-state index is 11.7. The zero-order valence-corrected chi connectivity index (χ0v) is 9.75. The average molecular weight is 242 g/mol. The predicted octanol–water partition coefficient (Wildman–Crippen LogP) is 1.63. The molecule has 0 aliphatic heterocycles. The molecular weight excluding hydrogens is 230 g/mol. The zero-order chi connectivity index (χ0) is 12.1. The SMILES string of the molecule is COC(=O)[C@H](C)NC(=O)c1ccccc1Cl. The Hall–Kier alpha value is -1.55. The first-order valence-electron chi connectivity index (χ1n) is 4.69. The molecule has 1 atom stereocenters. The standard InChI is InChI=1S/C11H12ClNO3/c1-7(11(15)16-2)13-10(14)8-5-3-4-6-9(8)12/h3-7H,1-2H3,(H,13,14)/t7-/m0/s1. The molecule has 0 bridgehead atoms. The third-order valence-electron chi connectivity index (χ3n) is 2.02. The van der Waals surface area contributed by atoms with Crippen molar-refractivity contribution in [2.24, 2.45) is 0 Å². The second-order valence-electron chi connectivity index (χ2n) is 3.20. The highest BCUT2D eigenvalue weighted by Gasteiger charge is 2.17. The van der Waals surface area contributed by atoms with E-state index in [1.165, 1.54) is 7.11 Å². The molecule has 0 saturated heterocycles.